The van der Waals surface area contributed by atoms with E-state index in [2.05, 4.69) is 16.5 Å². The van der Waals surface area contributed by atoms with E-state index in [1.165, 1.54) is 6.20 Å². The molecule has 0 amide bonds. The van der Waals surface area contributed by atoms with Crippen molar-refractivity contribution < 1.29 is 0 Å². The summed E-state index contributed by atoms with van der Waals surface area (Å²) >= 11 is 5.52. The highest BCUT2D eigenvalue weighted by Gasteiger charge is 2.01. The molecule has 11 heavy (non-hydrogen) atoms. The quantitative estimate of drug-likeness (QED) is 0.649. The molecule has 0 radical (unpaired) electrons. The summed E-state index contributed by atoms with van der Waals surface area (Å²) in [5, 5.41) is 0.256. The Kier molecular flexibility index (Phi) is 1.96. The number of nitrogen functional groups attached to an aromatic ring is 1. The second kappa shape index (κ2) is 2.75. The topological polar surface area (TPSA) is 71.8 Å². The minimum absolute atomic E-state index is 0.0914. The summed E-state index contributed by atoms with van der Waals surface area (Å²) in [6, 6.07) is 0. The van der Waals surface area contributed by atoms with Crippen molar-refractivity contribution in [3.8, 4) is 0 Å². The maximum absolute atomic E-state index is 10.5. The smallest absolute Gasteiger partial charge is 0.346 e. The monoisotopic (exact) mass is 171 g/mol. The van der Waals surface area contributed by atoms with Gasteiger partial charge in [0.05, 0.1) is 5.56 Å². The first kappa shape index (κ1) is 7.81. The van der Waals surface area contributed by atoms with Crippen molar-refractivity contribution in [2.75, 3.05) is 5.73 Å². The third kappa shape index (κ3) is 1.59. The van der Waals surface area contributed by atoms with Crippen molar-refractivity contribution in [2.45, 2.75) is 0 Å². The number of nitrogens with one attached hydrogen (secondary N) is 1. The Morgan fingerprint density at radius 3 is 2.91 bits per heavy atom. The molecule has 0 fully saturated rings. The zero-order valence-corrected chi connectivity index (χ0v) is 6.35. The van der Waals surface area contributed by atoms with Gasteiger partial charge in [-0.3, -0.25) is 0 Å². The van der Waals surface area contributed by atoms with Crippen molar-refractivity contribution in [2.24, 2.45) is 0 Å². The average Bonchev–Trinajstić information content (AvgIpc) is 1.85. The van der Waals surface area contributed by atoms with Gasteiger partial charge in [0.25, 0.3) is 0 Å². The molecule has 0 aliphatic rings. The zero-order valence-electron chi connectivity index (χ0n) is 5.60. The molecule has 1 rings (SSSR count). The Hall–Kier alpha value is -1.29. The van der Waals surface area contributed by atoms with Gasteiger partial charge < -0.3 is 10.7 Å². The number of nitrogens with two attached hydrogens (primary N) is 1. The second-order valence-corrected chi connectivity index (χ2v) is 2.37. The lowest BCUT2D eigenvalue weighted by atomic mass is 10.3. The number of anilines is 1. The van der Waals surface area contributed by atoms with Gasteiger partial charge in [-0.2, -0.15) is 4.98 Å². The maximum Gasteiger partial charge on any atom is 0.346 e. The van der Waals surface area contributed by atoms with E-state index in [9.17, 15) is 4.79 Å². The first-order valence-corrected chi connectivity index (χ1v) is 3.19. The van der Waals surface area contributed by atoms with Gasteiger partial charge in [-0.25, -0.2) is 4.79 Å². The van der Waals surface area contributed by atoms with Crippen molar-refractivity contribution in [1.29, 1.82) is 0 Å². The van der Waals surface area contributed by atoms with E-state index in [1.54, 1.807) is 0 Å². The fourth-order valence-electron chi connectivity index (χ4n) is 0.627. The molecule has 0 aromatic carbocycles. The molecule has 0 saturated heterocycles. The van der Waals surface area contributed by atoms with Crippen LogP contribution >= 0.6 is 11.6 Å². The lowest BCUT2D eigenvalue weighted by Gasteiger charge is -1.98. The van der Waals surface area contributed by atoms with Gasteiger partial charge in [-0.1, -0.05) is 18.2 Å². The molecule has 1 aromatic heterocycles. The molecule has 1 heterocycles. The maximum atomic E-state index is 10.5. The Balaban J connectivity index is 3.31. The summed E-state index contributed by atoms with van der Waals surface area (Å²) in [5.74, 6) is 0.0914. The molecule has 5 heteroatoms. The van der Waals surface area contributed by atoms with Gasteiger partial charge in [0.15, 0.2) is 0 Å². The SMILES string of the molecule is C=C(Cl)c1c[nH]c(=O)nc1N. The van der Waals surface area contributed by atoms with Gasteiger partial charge in [0.1, 0.15) is 5.82 Å². The van der Waals surface area contributed by atoms with Crippen LogP contribution in [0.15, 0.2) is 17.6 Å². The summed E-state index contributed by atoms with van der Waals surface area (Å²) in [6.45, 7) is 3.44. The van der Waals surface area contributed by atoms with Crippen molar-refractivity contribution in [3.05, 3.63) is 28.8 Å². The number of H-pyrrole nitrogens is 1. The third-order valence-corrected chi connectivity index (χ3v) is 1.33. The van der Waals surface area contributed by atoms with Crippen LogP contribution in [0.25, 0.3) is 5.03 Å². The van der Waals surface area contributed by atoms with Crippen LogP contribution in [0.3, 0.4) is 0 Å². The Bertz CT molecular complexity index is 344. The third-order valence-electron chi connectivity index (χ3n) is 1.13. The number of nitrogens with zero attached hydrogens (tertiary/aromatic N) is 1. The molecule has 0 atom stereocenters. The summed E-state index contributed by atoms with van der Waals surface area (Å²) in [4.78, 5) is 16.3. The number of halogens is 1. The predicted molar refractivity (Wildman–Crippen MR) is 44.2 cm³/mol. The number of aromatic amines is 1. The molecule has 3 N–H and O–H groups in total. The van der Waals surface area contributed by atoms with Gasteiger partial charge in [0, 0.05) is 11.2 Å². The fourth-order valence-corrected chi connectivity index (χ4v) is 0.778. The molecular formula is C6H6ClN3O. The fraction of sp³-hybridized carbons (Fsp3) is 0. The molecule has 0 unspecified atom stereocenters. The molecule has 0 bridgehead atoms. The summed E-state index contributed by atoms with van der Waals surface area (Å²) in [5.41, 5.74) is 5.30. The number of aromatic nitrogens is 2. The van der Waals surface area contributed by atoms with Crippen molar-refractivity contribution in [1.82, 2.24) is 9.97 Å². The summed E-state index contributed by atoms with van der Waals surface area (Å²) in [7, 11) is 0. The van der Waals surface area contributed by atoms with Gasteiger partial charge in [-0.15, -0.1) is 0 Å². The van der Waals surface area contributed by atoms with Crippen LogP contribution in [0.2, 0.25) is 0 Å². The van der Waals surface area contributed by atoms with Gasteiger partial charge in [0.2, 0.25) is 0 Å². The standard InChI is InChI=1S/C6H6ClN3O/c1-3(7)4-2-9-6(11)10-5(4)8/h2H,1H2,(H3,8,9,10,11). The van der Waals surface area contributed by atoms with Crippen LogP contribution in [0.4, 0.5) is 5.82 Å². The van der Waals surface area contributed by atoms with Crippen LogP contribution in [-0.4, -0.2) is 9.97 Å². The number of hydrogen-bond donors (Lipinski definition) is 2. The molecule has 0 aliphatic carbocycles. The second-order valence-electron chi connectivity index (χ2n) is 1.91. The lowest BCUT2D eigenvalue weighted by molar-refractivity contribution is 1.08. The van der Waals surface area contributed by atoms with Crippen LogP contribution in [0.5, 0.6) is 0 Å². The molecular weight excluding hydrogens is 166 g/mol. The minimum atomic E-state index is -0.496. The highest BCUT2D eigenvalue weighted by Crippen LogP contribution is 2.18. The summed E-state index contributed by atoms with van der Waals surface area (Å²) < 4.78 is 0. The Morgan fingerprint density at radius 1 is 1.82 bits per heavy atom. The zero-order chi connectivity index (χ0) is 8.43. The summed E-state index contributed by atoms with van der Waals surface area (Å²) in [6.07, 6.45) is 1.38. The highest BCUT2D eigenvalue weighted by atomic mass is 35.5. The van der Waals surface area contributed by atoms with Crippen molar-refractivity contribution >= 4 is 22.5 Å². The van der Waals surface area contributed by atoms with E-state index in [0.29, 0.717) is 5.56 Å². The van der Waals surface area contributed by atoms with E-state index in [-0.39, 0.29) is 10.9 Å². The van der Waals surface area contributed by atoms with E-state index >= 15 is 0 Å². The van der Waals surface area contributed by atoms with E-state index < -0.39 is 5.69 Å². The molecule has 4 nitrogen and oxygen atoms in total. The van der Waals surface area contributed by atoms with Crippen LogP contribution < -0.4 is 11.4 Å². The molecule has 1 aromatic rings. The van der Waals surface area contributed by atoms with E-state index in [1.807, 2.05) is 0 Å². The molecule has 0 saturated carbocycles. The average molecular weight is 172 g/mol. The van der Waals surface area contributed by atoms with Gasteiger partial charge >= 0.3 is 5.69 Å². The van der Waals surface area contributed by atoms with E-state index in [4.69, 9.17) is 17.3 Å². The van der Waals surface area contributed by atoms with Crippen molar-refractivity contribution in [3.63, 3.8) is 0 Å². The highest BCUT2D eigenvalue weighted by molar-refractivity contribution is 6.48. The lowest BCUT2D eigenvalue weighted by Crippen LogP contribution is -2.13. The molecule has 58 valence electrons. The van der Waals surface area contributed by atoms with Crippen LogP contribution in [0, 0.1) is 0 Å². The first-order valence-electron chi connectivity index (χ1n) is 2.81. The number of hydrogen-bond acceptors (Lipinski definition) is 3. The van der Waals surface area contributed by atoms with Crippen LogP contribution in [0.1, 0.15) is 5.56 Å². The number of rotatable bonds is 1. The first-order chi connectivity index (χ1) is 5.11. The van der Waals surface area contributed by atoms with Gasteiger partial charge in [-0.05, 0) is 0 Å². The minimum Gasteiger partial charge on any atom is -0.383 e. The Morgan fingerprint density at radius 2 is 2.45 bits per heavy atom. The predicted octanol–water partition coefficient (Wildman–Crippen LogP) is 0.562. The van der Waals surface area contributed by atoms with E-state index in [0.717, 1.165) is 0 Å². The van der Waals surface area contributed by atoms with Crippen LogP contribution in [-0.2, 0) is 0 Å². The molecule has 0 aliphatic heterocycles. The Labute approximate surface area is 67.7 Å². The largest absolute Gasteiger partial charge is 0.383 e. The normalized spacial score (nSPS) is 9.55. The molecule has 0 spiro atoms.